The molecule has 0 aliphatic rings. The fourth-order valence-corrected chi connectivity index (χ4v) is 1.90. The predicted octanol–water partition coefficient (Wildman–Crippen LogP) is 2.93. The molecule has 0 fully saturated rings. The minimum atomic E-state index is 0.157. The molecule has 15 heavy (non-hydrogen) atoms. The van der Waals surface area contributed by atoms with Crippen LogP contribution >= 0.6 is 23.2 Å². The quantitative estimate of drug-likeness (QED) is 0.608. The van der Waals surface area contributed by atoms with Gasteiger partial charge in [0.1, 0.15) is 5.69 Å². The number of hydrogen-bond donors (Lipinski definition) is 0. The van der Waals surface area contributed by atoms with Crippen molar-refractivity contribution in [2.24, 2.45) is 0 Å². The second-order valence-corrected chi connectivity index (χ2v) is 4.10. The molecule has 0 aliphatic heterocycles. The monoisotopic (exact) mass is 248 g/mol. The average molecular weight is 249 g/mol. The largest absolute Gasteiger partial charge is 0.617 e. The maximum absolute atomic E-state index is 11.7. The molecule has 0 unspecified atom stereocenters. The number of aryl methyl sites for hydroxylation is 1. The van der Waals surface area contributed by atoms with Crippen LogP contribution in [0.2, 0.25) is 10.3 Å². The molecule has 0 aliphatic carbocycles. The number of rotatable bonds is 4. The number of halogens is 2. The lowest BCUT2D eigenvalue weighted by atomic mass is 10.2. The minimum Gasteiger partial charge on any atom is -0.617 e. The number of nitrogens with zero attached hydrogens (tertiary/aromatic N) is 2. The molecule has 1 rings (SSSR count). The Hall–Kier alpha value is -0.540. The molecule has 0 spiro atoms. The van der Waals surface area contributed by atoms with Gasteiger partial charge < -0.3 is 5.21 Å². The second kappa shape index (κ2) is 5.52. The molecule has 0 amide bonds. The summed E-state index contributed by atoms with van der Waals surface area (Å²) in [5, 5.41) is 12.2. The Morgan fingerprint density at radius 2 is 1.80 bits per heavy atom. The highest BCUT2D eigenvalue weighted by atomic mass is 35.5. The lowest BCUT2D eigenvalue weighted by Crippen LogP contribution is -2.35. The zero-order valence-electron chi connectivity index (χ0n) is 8.89. The average Bonchev–Trinajstić information content (AvgIpc) is 2.21. The molecule has 0 N–H and O–H groups in total. The van der Waals surface area contributed by atoms with E-state index >= 15 is 0 Å². The van der Waals surface area contributed by atoms with Gasteiger partial charge in [0.15, 0.2) is 5.15 Å². The fraction of sp³-hybridized carbons (Fsp3) is 0.600. The smallest absolute Gasteiger partial charge is 0.308 e. The summed E-state index contributed by atoms with van der Waals surface area (Å²) in [5.41, 5.74) is 1.04. The van der Waals surface area contributed by atoms with E-state index in [-0.39, 0.29) is 10.3 Å². The highest BCUT2D eigenvalue weighted by molar-refractivity contribution is 6.31. The molecule has 1 aromatic rings. The molecule has 0 radical (unpaired) electrons. The summed E-state index contributed by atoms with van der Waals surface area (Å²) in [6.07, 6.45) is 3.00. The molecular weight excluding hydrogens is 235 g/mol. The molecule has 0 bridgehead atoms. The van der Waals surface area contributed by atoms with Crippen molar-refractivity contribution < 1.29 is 4.73 Å². The predicted molar refractivity (Wildman–Crippen MR) is 61.2 cm³/mol. The molecule has 0 saturated carbocycles. The van der Waals surface area contributed by atoms with Crippen LogP contribution in [-0.2, 0) is 12.8 Å². The van der Waals surface area contributed by atoms with E-state index in [2.05, 4.69) is 4.98 Å². The van der Waals surface area contributed by atoms with Crippen molar-refractivity contribution in [3.63, 3.8) is 0 Å². The maximum atomic E-state index is 11.7. The fourth-order valence-electron chi connectivity index (χ4n) is 1.39. The summed E-state index contributed by atoms with van der Waals surface area (Å²) in [7, 11) is 0. The molecular formula is C10H14Cl2N2O. The van der Waals surface area contributed by atoms with Crippen LogP contribution in [0.3, 0.4) is 0 Å². The molecule has 3 nitrogen and oxygen atoms in total. The third-order valence-electron chi connectivity index (χ3n) is 2.11. The van der Waals surface area contributed by atoms with Crippen molar-refractivity contribution in [2.75, 3.05) is 0 Å². The SMILES string of the molecule is CCCc1nc(Cl)c(CCC)[n+]([O-])c1Cl. The summed E-state index contributed by atoms with van der Waals surface area (Å²) in [5.74, 6) is 0. The highest BCUT2D eigenvalue weighted by Crippen LogP contribution is 2.18. The Bertz CT molecular complexity index is 356. The summed E-state index contributed by atoms with van der Waals surface area (Å²) >= 11 is 11.8. The number of aromatic nitrogens is 2. The standard InChI is InChI=1S/C10H14Cl2N2O/c1-3-5-7-10(12)14(15)8(6-4-2)9(11)13-7/h3-6H2,1-2H3. The minimum absolute atomic E-state index is 0.157. The lowest BCUT2D eigenvalue weighted by Gasteiger charge is -2.09. The Labute approximate surface area is 99.6 Å². The van der Waals surface area contributed by atoms with Gasteiger partial charge in [-0.1, -0.05) is 31.9 Å². The Morgan fingerprint density at radius 1 is 1.20 bits per heavy atom. The first kappa shape index (κ1) is 12.5. The third-order valence-corrected chi connectivity index (χ3v) is 2.78. The topological polar surface area (TPSA) is 39.8 Å². The van der Waals surface area contributed by atoms with Crippen molar-refractivity contribution in [1.82, 2.24) is 4.98 Å². The summed E-state index contributed by atoms with van der Waals surface area (Å²) in [6, 6.07) is 0. The first-order valence-electron chi connectivity index (χ1n) is 5.08. The van der Waals surface area contributed by atoms with Crippen molar-refractivity contribution in [3.8, 4) is 0 Å². The second-order valence-electron chi connectivity index (χ2n) is 3.38. The van der Waals surface area contributed by atoms with E-state index in [0.29, 0.717) is 29.0 Å². The molecule has 0 saturated heterocycles. The van der Waals surface area contributed by atoms with Crippen molar-refractivity contribution in [2.45, 2.75) is 39.5 Å². The first-order chi connectivity index (χ1) is 7.11. The van der Waals surface area contributed by atoms with Crippen LogP contribution in [0.1, 0.15) is 38.1 Å². The zero-order valence-corrected chi connectivity index (χ0v) is 10.4. The van der Waals surface area contributed by atoms with Gasteiger partial charge in [0.25, 0.3) is 0 Å². The van der Waals surface area contributed by atoms with E-state index in [4.69, 9.17) is 23.2 Å². The van der Waals surface area contributed by atoms with Crippen molar-refractivity contribution in [3.05, 3.63) is 26.9 Å². The van der Waals surface area contributed by atoms with Crippen molar-refractivity contribution >= 4 is 23.2 Å². The summed E-state index contributed by atoms with van der Waals surface area (Å²) < 4.78 is 0.700. The molecule has 1 aromatic heterocycles. The Kier molecular flexibility index (Phi) is 4.61. The van der Waals surface area contributed by atoms with Gasteiger partial charge in [-0.05, 0) is 24.4 Å². The van der Waals surface area contributed by atoms with Crippen LogP contribution in [0.25, 0.3) is 0 Å². The summed E-state index contributed by atoms with van der Waals surface area (Å²) in [6.45, 7) is 3.98. The van der Waals surface area contributed by atoms with E-state index < -0.39 is 0 Å². The van der Waals surface area contributed by atoms with Gasteiger partial charge in [0.2, 0.25) is 5.69 Å². The Morgan fingerprint density at radius 3 is 2.33 bits per heavy atom. The molecule has 1 heterocycles. The van der Waals surface area contributed by atoms with Crippen LogP contribution < -0.4 is 4.73 Å². The van der Waals surface area contributed by atoms with Crippen LogP contribution in [-0.4, -0.2) is 4.98 Å². The van der Waals surface area contributed by atoms with Gasteiger partial charge >= 0.3 is 5.15 Å². The molecule has 5 heteroatoms. The van der Waals surface area contributed by atoms with E-state index in [0.717, 1.165) is 12.8 Å². The van der Waals surface area contributed by atoms with Gasteiger partial charge in [0.05, 0.1) is 0 Å². The van der Waals surface area contributed by atoms with Crippen molar-refractivity contribution in [1.29, 1.82) is 0 Å². The maximum Gasteiger partial charge on any atom is 0.308 e. The molecule has 0 atom stereocenters. The summed E-state index contributed by atoms with van der Waals surface area (Å²) in [4.78, 5) is 4.15. The normalized spacial score (nSPS) is 10.7. The molecule has 0 aromatic carbocycles. The van der Waals surface area contributed by atoms with Crippen LogP contribution in [0.4, 0.5) is 0 Å². The van der Waals surface area contributed by atoms with Gasteiger partial charge in [-0.25, -0.2) is 4.98 Å². The van der Waals surface area contributed by atoms with Crippen LogP contribution in [0.5, 0.6) is 0 Å². The van der Waals surface area contributed by atoms with E-state index in [9.17, 15) is 5.21 Å². The number of hydrogen-bond acceptors (Lipinski definition) is 2. The van der Waals surface area contributed by atoms with Gasteiger partial charge in [-0.15, -0.1) is 0 Å². The first-order valence-corrected chi connectivity index (χ1v) is 5.83. The Balaban J connectivity index is 3.18. The van der Waals surface area contributed by atoms with E-state index in [1.807, 2.05) is 13.8 Å². The highest BCUT2D eigenvalue weighted by Gasteiger charge is 2.20. The van der Waals surface area contributed by atoms with E-state index in [1.54, 1.807) is 0 Å². The zero-order chi connectivity index (χ0) is 11.4. The van der Waals surface area contributed by atoms with Gasteiger partial charge in [-0.3, -0.25) is 0 Å². The van der Waals surface area contributed by atoms with E-state index in [1.165, 1.54) is 0 Å². The van der Waals surface area contributed by atoms with Crippen LogP contribution in [0, 0.1) is 5.21 Å². The molecule has 84 valence electrons. The third kappa shape index (κ3) is 2.73. The van der Waals surface area contributed by atoms with Gasteiger partial charge in [-0.2, -0.15) is 4.73 Å². The van der Waals surface area contributed by atoms with Crippen LogP contribution in [0.15, 0.2) is 0 Å². The lowest BCUT2D eigenvalue weighted by molar-refractivity contribution is -0.612. The van der Waals surface area contributed by atoms with Gasteiger partial charge in [0, 0.05) is 6.42 Å².